The lowest BCUT2D eigenvalue weighted by molar-refractivity contribution is -0.752. The molecule has 0 radical (unpaired) electrons. The molecule has 0 spiro atoms. The number of rotatable bonds is 3. The van der Waals surface area contributed by atoms with Gasteiger partial charge >= 0.3 is 5.97 Å². The molecule has 0 fully saturated rings. The molecule has 0 atom stereocenters. The van der Waals surface area contributed by atoms with Gasteiger partial charge in [-0.25, -0.2) is 4.79 Å². The second-order valence-electron chi connectivity index (χ2n) is 3.59. The molecule has 1 heterocycles. The lowest BCUT2D eigenvalue weighted by Crippen LogP contribution is -2.40. The van der Waals surface area contributed by atoms with Crippen LogP contribution >= 0.6 is 58.0 Å². The Kier molecular flexibility index (Phi) is 5.06. The predicted octanol–water partition coefficient (Wildman–Crippen LogP) is 2.91. The average molecular weight is 392 g/mol. The van der Waals surface area contributed by atoms with Crippen molar-refractivity contribution >= 4 is 64.0 Å². The lowest BCUT2D eigenvalue weighted by Gasteiger charge is -2.11. The number of hydrogen-bond acceptors (Lipinski definition) is 5. The fraction of sp³-hybridized carbons (Fsp3) is 0.100. The molecule has 1 aromatic carbocycles. The van der Waals surface area contributed by atoms with Crippen molar-refractivity contribution in [2.24, 2.45) is 0 Å². The van der Waals surface area contributed by atoms with Gasteiger partial charge in [0.2, 0.25) is 6.20 Å². The molecule has 0 bridgehead atoms. The minimum atomic E-state index is -0.827. The molecule has 0 N–H and O–H groups in total. The van der Waals surface area contributed by atoms with Gasteiger partial charge in [0.15, 0.2) is 5.75 Å². The highest BCUT2D eigenvalue weighted by molar-refractivity contribution is 6.55. The van der Waals surface area contributed by atoms with E-state index in [2.05, 4.69) is 9.79 Å². The number of nitrogens with zero attached hydrogens (tertiary/aromatic N) is 2. The van der Waals surface area contributed by atoms with Crippen LogP contribution in [0.3, 0.4) is 0 Å². The summed E-state index contributed by atoms with van der Waals surface area (Å²) in [6, 6.07) is 0. The summed E-state index contributed by atoms with van der Waals surface area (Å²) in [5, 5.41) is 13.4. The van der Waals surface area contributed by atoms with Crippen molar-refractivity contribution in [2.45, 2.75) is 6.54 Å². The van der Waals surface area contributed by atoms with Crippen molar-refractivity contribution in [3.63, 3.8) is 0 Å². The molecule has 2 aromatic rings. The number of carbonyl (C=O) groups is 1. The highest BCUT2D eigenvalue weighted by Crippen LogP contribution is 2.48. The Bertz CT molecular complexity index is 689. The quantitative estimate of drug-likeness (QED) is 0.264. The molecule has 6 nitrogen and oxygen atoms in total. The molecule has 0 amide bonds. The molecule has 21 heavy (non-hydrogen) atoms. The molecule has 11 heteroatoms. The first-order valence-electron chi connectivity index (χ1n) is 5.06. The van der Waals surface area contributed by atoms with Crippen LogP contribution in [0.25, 0.3) is 0 Å². The molecule has 1 aromatic heterocycles. The number of esters is 1. The number of ether oxygens (including phenoxy) is 1. The summed E-state index contributed by atoms with van der Waals surface area (Å²) in [5.74, 6) is -1.78. The minimum Gasteiger partial charge on any atom is -0.539 e. The molecule has 2 rings (SSSR count). The maximum absolute atomic E-state index is 11.7. The summed E-state index contributed by atoms with van der Waals surface area (Å²) in [4.78, 5) is 11.7. The Hall–Kier alpha value is -0.920. The molecular weight excluding hydrogens is 389 g/mol. The molecule has 0 aliphatic rings. The van der Waals surface area contributed by atoms with Crippen LogP contribution < -0.4 is 14.5 Å². The Labute approximate surface area is 142 Å². The van der Waals surface area contributed by atoms with Gasteiger partial charge in [-0.15, -0.1) is 0 Å². The van der Waals surface area contributed by atoms with Crippen LogP contribution in [0.5, 0.6) is 11.7 Å². The maximum atomic E-state index is 11.7. The smallest absolute Gasteiger partial charge is 0.380 e. The summed E-state index contributed by atoms with van der Waals surface area (Å²) >= 11 is 29.3. The van der Waals surface area contributed by atoms with Crippen molar-refractivity contribution < 1.29 is 23.8 Å². The van der Waals surface area contributed by atoms with Crippen LogP contribution in [0.1, 0.15) is 0 Å². The van der Waals surface area contributed by atoms with Crippen LogP contribution in [-0.2, 0) is 11.3 Å². The van der Waals surface area contributed by atoms with E-state index in [4.69, 9.17) is 62.7 Å². The average Bonchev–Trinajstić information content (AvgIpc) is 2.84. The van der Waals surface area contributed by atoms with Crippen LogP contribution in [-0.4, -0.2) is 11.2 Å². The normalized spacial score (nSPS) is 10.7. The van der Waals surface area contributed by atoms with Crippen molar-refractivity contribution in [2.75, 3.05) is 0 Å². The minimum absolute atomic E-state index is 0.0602. The summed E-state index contributed by atoms with van der Waals surface area (Å²) in [7, 11) is 0. The molecule has 0 aliphatic heterocycles. The second-order valence-corrected chi connectivity index (χ2v) is 5.48. The van der Waals surface area contributed by atoms with Gasteiger partial charge in [0.1, 0.15) is 16.0 Å². The third-order valence-electron chi connectivity index (χ3n) is 2.17. The fourth-order valence-electron chi connectivity index (χ4n) is 1.29. The second kappa shape index (κ2) is 6.46. The largest absolute Gasteiger partial charge is 0.539 e. The number of halogens is 5. The lowest BCUT2D eigenvalue weighted by atomic mass is 10.3. The van der Waals surface area contributed by atoms with Crippen molar-refractivity contribution in [1.29, 1.82) is 0 Å². The summed E-state index contributed by atoms with van der Waals surface area (Å²) in [6.45, 7) is -0.406. The first kappa shape index (κ1) is 16.5. The van der Waals surface area contributed by atoms with Crippen molar-refractivity contribution in [3.05, 3.63) is 31.3 Å². The summed E-state index contributed by atoms with van der Waals surface area (Å²) in [5.41, 5.74) is 0. The molecule has 0 aliphatic carbocycles. The third kappa shape index (κ3) is 3.46. The molecule has 112 valence electrons. The molecular formula is C10H3Cl5N2O4. The zero-order valence-electron chi connectivity index (χ0n) is 9.70. The van der Waals surface area contributed by atoms with Gasteiger partial charge in [-0.1, -0.05) is 62.7 Å². The number of aromatic nitrogens is 2. The Morgan fingerprint density at radius 3 is 2.14 bits per heavy atom. The van der Waals surface area contributed by atoms with E-state index in [0.29, 0.717) is 0 Å². The van der Waals surface area contributed by atoms with Crippen LogP contribution in [0.4, 0.5) is 0 Å². The highest BCUT2D eigenvalue weighted by Gasteiger charge is 2.24. The predicted molar refractivity (Wildman–Crippen MR) is 73.3 cm³/mol. The van der Waals surface area contributed by atoms with Gasteiger partial charge in [-0.3, -0.25) is 0 Å². The van der Waals surface area contributed by atoms with Gasteiger partial charge < -0.3 is 14.4 Å². The van der Waals surface area contributed by atoms with E-state index < -0.39 is 18.5 Å². The summed E-state index contributed by atoms with van der Waals surface area (Å²) in [6.07, 6.45) is 0.965. The zero-order valence-corrected chi connectivity index (χ0v) is 13.5. The Balaban J connectivity index is 2.25. The van der Waals surface area contributed by atoms with Gasteiger partial charge in [0, 0.05) is 0 Å². The number of benzene rings is 1. The Morgan fingerprint density at radius 1 is 1.14 bits per heavy atom. The van der Waals surface area contributed by atoms with Crippen LogP contribution in [0, 0.1) is 0 Å². The first-order chi connectivity index (χ1) is 9.81. The highest BCUT2D eigenvalue weighted by atomic mass is 35.5. The van der Waals surface area contributed by atoms with E-state index in [-0.39, 0.29) is 30.9 Å². The van der Waals surface area contributed by atoms with E-state index in [1.165, 1.54) is 0 Å². The number of carbonyl (C=O) groups excluding carboxylic acids is 1. The molecule has 0 saturated heterocycles. The molecule has 0 unspecified atom stereocenters. The van der Waals surface area contributed by atoms with E-state index in [9.17, 15) is 9.90 Å². The van der Waals surface area contributed by atoms with E-state index >= 15 is 0 Å². The standard InChI is InChI=1S/C10H3Cl5N2O4/c11-5-6(12)8(14)10(9(15)7(5)13)20-3(18)1-17-2-4(19)21-16-17/h2H,1H2. The van der Waals surface area contributed by atoms with Crippen LogP contribution in [0.2, 0.25) is 25.1 Å². The number of hydrogen-bond donors (Lipinski definition) is 0. The fourth-order valence-corrected chi connectivity index (χ4v) is 2.49. The maximum Gasteiger partial charge on any atom is 0.380 e. The topological polar surface area (TPSA) is 79.3 Å². The van der Waals surface area contributed by atoms with Gasteiger partial charge in [0.25, 0.3) is 6.54 Å². The van der Waals surface area contributed by atoms with Crippen molar-refractivity contribution in [3.8, 4) is 11.7 Å². The summed E-state index contributed by atoms with van der Waals surface area (Å²) < 4.78 is 10.2. The zero-order chi connectivity index (χ0) is 15.7. The van der Waals surface area contributed by atoms with Gasteiger partial charge in [-0.05, 0) is 0 Å². The Morgan fingerprint density at radius 2 is 1.67 bits per heavy atom. The third-order valence-corrected chi connectivity index (χ3v) is 4.41. The van der Waals surface area contributed by atoms with Gasteiger partial charge in [-0.2, -0.15) is 0 Å². The molecule has 0 saturated carbocycles. The SMILES string of the molecule is O=C(C[n+]1cc([O-])on1)Oc1c(Cl)c(Cl)c(Cl)c(Cl)c1Cl. The first-order valence-corrected chi connectivity index (χ1v) is 6.95. The van der Waals surface area contributed by atoms with E-state index in [1.807, 2.05) is 0 Å². The van der Waals surface area contributed by atoms with Gasteiger partial charge in [0.05, 0.1) is 20.3 Å². The van der Waals surface area contributed by atoms with Crippen molar-refractivity contribution in [1.82, 2.24) is 5.27 Å². The van der Waals surface area contributed by atoms with Crippen LogP contribution in [0.15, 0.2) is 10.7 Å². The van der Waals surface area contributed by atoms with E-state index in [0.717, 1.165) is 10.9 Å². The van der Waals surface area contributed by atoms with E-state index in [1.54, 1.807) is 0 Å². The monoisotopic (exact) mass is 390 g/mol.